The zero-order valence-electron chi connectivity index (χ0n) is 12.1. The minimum Gasteiger partial charge on any atom is -0.383 e. The van der Waals surface area contributed by atoms with Gasteiger partial charge in [-0.3, -0.25) is 0 Å². The predicted molar refractivity (Wildman–Crippen MR) is 76.6 cm³/mol. The minimum atomic E-state index is 0.693. The van der Waals surface area contributed by atoms with Gasteiger partial charge in [0.1, 0.15) is 0 Å². The van der Waals surface area contributed by atoms with E-state index in [4.69, 9.17) is 4.74 Å². The fourth-order valence-corrected chi connectivity index (χ4v) is 2.44. The predicted octanol–water partition coefficient (Wildman–Crippen LogP) is 0.884. The van der Waals surface area contributed by atoms with E-state index in [1.165, 1.54) is 17.7 Å². The molecule has 0 amide bonds. The molecule has 0 bridgehead atoms. The van der Waals surface area contributed by atoms with Gasteiger partial charge in [-0.1, -0.05) is 0 Å². The van der Waals surface area contributed by atoms with Crippen LogP contribution in [0.3, 0.4) is 0 Å². The zero-order chi connectivity index (χ0) is 13.7. The van der Waals surface area contributed by atoms with Crippen molar-refractivity contribution in [3.05, 3.63) is 17.5 Å². The Morgan fingerprint density at radius 3 is 3.05 bits per heavy atom. The van der Waals surface area contributed by atoms with Gasteiger partial charge < -0.3 is 15.0 Å². The Morgan fingerprint density at radius 1 is 1.47 bits per heavy atom. The van der Waals surface area contributed by atoms with Crippen LogP contribution in [0, 0.1) is 5.92 Å². The molecule has 106 valence electrons. The third kappa shape index (κ3) is 3.88. The lowest BCUT2D eigenvalue weighted by atomic mass is 9.87. The van der Waals surface area contributed by atoms with Crippen molar-refractivity contribution >= 4 is 5.95 Å². The lowest BCUT2D eigenvalue weighted by Gasteiger charge is -2.24. The van der Waals surface area contributed by atoms with Crippen LogP contribution in [-0.2, 0) is 17.6 Å². The van der Waals surface area contributed by atoms with Crippen molar-refractivity contribution in [2.45, 2.75) is 19.3 Å². The van der Waals surface area contributed by atoms with Crippen LogP contribution < -0.4 is 10.2 Å². The van der Waals surface area contributed by atoms with Crippen LogP contribution in [0.25, 0.3) is 0 Å². The molecule has 0 radical (unpaired) electrons. The second kappa shape index (κ2) is 6.82. The molecular weight excluding hydrogens is 240 g/mol. The monoisotopic (exact) mass is 264 g/mol. The van der Waals surface area contributed by atoms with E-state index >= 15 is 0 Å². The van der Waals surface area contributed by atoms with Gasteiger partial charge in [-0.15, -0.1) is 0 Å². The summed E-state index contributed by atoms with van der Waals surface area (Å²) in [5, 5.41) is 3.44. The summed E-state index contributed by atoms with van der Waals surface area (Å²) in [7, 11) is 5.69. The molecule has 0 saturated carbocycles. The van der Waals surface area contributed by atoms with Gasteiger partial charge in [0.2, 0.25) is 5.95 Å². The molecule has 1 aliphatic rings. The summed E-state index contributed by atoms with van der Waals surface area (Å²) in [4.78, 5) is 11.0. The molecule has 1 aromatic rings. The van der Waals surface area contributed by atoms with Crippen LogP contribution in [0.4, 0.5) is 5.95 Å². The number of hydrogen-bond acceptors (Lipinski definition) is 5. The van der Waals surface area contributed by atoms with Crippen LogP contribution in [0.15, 0.2) is 6.20 Å². The Labute approximate surface area is 115 Å². The maximum absolute atomic E-state index is 5.04. The molecule has 0 aliphatic heterocycles. The fraction of sp³-hybridized carbons (Fsp3) is 0.714. The average Bonchev–Trinajstić information content (AvgIpc) is 2.43. The first-order valence-corrected chi connectivity index (χ1v) is 6.92. The van der Waals surface area contributed by atoms with Crippen molar-refractivity contribution in [1.82, 2.24) is 15.3 Å². The van der Waals surface area contributed by atoms with Crippen molar-refractivity contribution in [3.8, 4) is 0 Å². The van der Waals surface area contributed by atoms with E-state index in [0.717, 1.165) is 38.5 Å². The van der Waals surface area contributed by atoms with Crippen molar-refractivity contribution in [3.63, 3.8) is 0 Å². The molecule has 0 spiro atoms. The molecule has 2 rings (SSSR count). The highest BCUT2D eigenvalue weighted by atomic mass is 16.5. The number of anilines is 1. The largest absolute Gasteiger partial charge is 0.383 e. The minimum absolute atomic E-state index is 0.693. The van der Waals surface area contributed by atoms with Gasteiger partial charge in [-0.2, -0.15) is 0 Å². The van der Waals surface area contributed by atoms with E-state index in [1.54, 1.807) is 7.11 Å². The lowest BCUT2D eigenvalue weighted by molar-refractivity contribution is 0.197. The van der Waals surface area contributed by atoms with E-state index in [9.17, 15) is 0 Å². The van der Waals surface area contributed by atoms with Gasteiger partial charge >= 0.3 is 0 Å². The Kier molecular flexibility index (Phi) is 5.10. The Morgan fingerprint density at radius 2 is 2.32 bits per heavy atom. The summed E-state index contributed by atoms with van der Waals surface area (Å²) in [6.45, 7) is 2.76. The smallest absolute Gasteiger partial charge is 0.224 e. The topological polar surface area (TPSA) is 50.3 Å². The molecule has 19 heavy (non-hydrogen) atoms. The number of methoxy groups -OCH3 is 1. The highest BCUT2D eigenvalue weighted by molar-refractivity contribution is 5.32. The maximum atomic E-state index is 5.04. The van der Waals surface area contributed by atoms with Crippen LogP contribution in [0.5, 0.6) is 0 Å². The number of aryl methyl sites for hydroxylation is 1. The Balaban J connectivity index is 1.89. The highest BCUT2D eigenvalue weighted by Gasteiger charge is 2.20. The molecule has 5 nitrogen and oxygen atoms in total. The Hall–Kier alpha value is -1.20. The molecule has 1 heterocycles. The average molecular weight is 264 g/mol. The number of hydrogen-bond donors (Lipinski definition) is 1. The second-order valence-electron chi connectivity index (χ2n) is 5.34. The lowest BCUT2D eigenvalue weighted by Crippen LogP contribution is -2.30. The summed E-state index contributed by atoms with van der Waals surface area (Å²) in [6.07, 6.45) is 5.36. The van der Waals surface area contributed by atoms with E-state index < -0.39 is 0 Å². The van der Waals surface area contributed by atoms with Gasteiger partial charge in [0.15, 0.2) is 0 Å². The van der Waals surface area contributed by atoms with Crippen molar-refractivity contribution in [2.75, 3.05) is 45.8 Å². The number of nitrogens with one attached hydrogen (secondary N) is 1. The molecule has 5 heteroatoms. The van der Waals surface area contributed by atoms with Crippen molar-refractivity contribution in [1.29, 1.82) is 0 Å². The highest BCUT2D eigenvalue weighted by Crippen LogP contribution is 2.24. The number of nitrogens with zero attached hydrogens (tertiary/aromatic N) is 3. The van der Waals surface area contributed by atoms with E-state index in [1.807, 2.05) is 25.2 Å². The fourth-order valence-electron chi connectivity index (χ4n) is 2.44. The molecule has 0 fully saturated rings. The van der Waals surface area contributed by atoms with E-state index in [0.29, 0.717) is 5.92 Å². The van der Waals surface area contributed by atoms with Gasteiger partial charge in [0.05, 0.1) is 6.61 Å². The number of rotatable bonds is 6. The normalized spacial score (nSPS) is 18.2. The summed E-state index contributed by atoms with van der Waals surface area (Å²) in [5.41, 5.74) is 2.54. The molecule has 1 atom stereocenters. The second-order valence-corrected chi connectivity index (χ2v) is 5.34. The molecular formula is C14H24N4O. The summed E-state index contributed by atoms with van der Waals surface area (Å²) < 4.78 is 5.04. The standard InChI is InChI=1S/C14H24N4O/c1-18(2)14-16-10-12-8-11(4-5-13(12)17-14)9-15-6-7-19-3/h10-11,15H,4-9H2,1-3H3. The SMILES string of the molecule is COCCNCC1CCc2nc(N(C)C)ncc2C1. The molecule has 0 aromatic carbocycles. The van der Waals surface area contributed by atoms with E-state index in [-0.39, 0.29) is 0 Å². The molecule has 1 aromatic heterocycles. The van der Waals surface area contributed by atoms with Gasteiger partial charge in [0.25, 0.3) is 0 Å². The summed E-state index contributed by atoms with van der Waals surface area (Å²) in [5.74, 6) is 1.51. The first kappa shape index (κ1) is 14.2. The van der Waals surface area contributed by atoms with Crippen molar-refractivity contribution in [2.24, 2.45) is 5.92 Å². The third-order valence-corrected chi connectivity index (χ3v) is 3.56. The first-order valence-electron chi connectivity index (χ1n) is 6.92. The quantitative estimate of drug-likeness (QED) is 0.773. The van der Waals surface area contributed by atoms with Gasteiger partial charge in [-0.25, -0.2) is 9.97 Å². The van der Waals surface area contributed by atoms with Gasteiger partial charge in [-0.05, 0) is 37.3 Å². The molecule has 1 unspecified atom stereocenters. The van der Waals surface area contributed by atoms with E-state index in [2.05, 4.69) is 15.3 Å². The van der Waals surface area contributed by atoms with Crippen LogP contribution in [-0.4, -0.2) is 50.9 Å². The molecule has 1 N–H and O–H groups in total. The third-order valence-electron chi connectivity index (χ3n) is 3.56. The zero-order valence-corrected chi connectivity index (χ0v) is 12.1. The first-order chi connectivity index (χ1) is 9.20. The number of fused-ring (bicyclic) bond motifs is 1. The number of aromatic nitrogens is 2. The summed E-state index contributed by atoms with van der Waals surface area (Å²) >= 11 is 0. The summed E-state index contributed by atoms with van der Waals surface area (Å²) in [6, 6.07) is 0. The molecule has 0 saturated heterocycles. The Bertz CT molecular complexity index is 408. The van der Waals surface area contributed by atoms with Gasteiger partial charge in [0, 0.05) is 39.6 Å². The van der Waals surface area contributed by atoms with Crippen molar-refractivity contribution < 1.29 is 4.74 Å². The molecule has 1 aliphatic carbocycles. The van der Waals surface area contributed by atoms with Crippen LogP contribution >= 0.6 is 0 Å². The van der Waals surface area contributed by atoms with Crippen LogP contribution in [0.2, 0.25) is 0 Å². The maximum Gasteiger partial charge on any atom is 0.224 e. The number of ether oxygens (including phenoxy) is 1. The van der Waals surface area contributed by atoms with Crippen LogP contribution in [0.1, 0.15) is 17.7 Å².